The van der Waals surface area contributed by atoms with Gasteiger partial charge in [0.1, 0.15) is 5.02 Å². The lowest BCUT2D eigenvalue weighted by atomic mass is 9.46. The van der Waals surface area contributed by atoms with Crippen LogP contribution in [0.1, 0.15) is 50.5 Å². The van der Waals surface area contributed by atoms with Crippen LogP contribution in [0.5, 0.6) is 0 Å². The van der Waals surface area contributed by atoms with Crippen LogP contribution in [-0.2, 0) is 16.9 Å². The number of aliphatic carboxylic acids is 1. The predicted octanol–water partition coefficient (Wildman–Crippen LogP) is 4.28. The summed E-state index contributed by atoms with van der Waals surface area (Å²) in [4.78, 5) is 24.8. The van der Waals surface area contributed by atoms with Gasteiger partial charge in [-0.3, -0.25) is 9.59 Å². The number of hydrogen-bond acceptors (Lipinski definition) is 4. The smallest absolute Gasteiger partial charge is 0.303 e. The largest absolute Gasteiger partial charge is 0.481 e. The van der Waals surface area contributed by atoms with Crippen molar-refractivity contribution in [1.82, 2.24) is 9.78 Å². The Morgan fingerprint density at radius 3 is 2.57 bits per heavy atom. The van der Waals surface area contributed by atoms with Gasteiger partial charge in [-0.1, -0.05) is 41.9 Å². The van der Waals surface area contributed by atoms with Crippen molar-refractivity contribution in [2.75, 3.05) is 5.32 Å². The second-order valence-corrected chi connectivity index (χ2v) is 10.1. The molecule has 0 amide bonds. The molecule has 4 aliphatic carbocycles. The Labute approximate surface area is 180 Å². The van der Waals surface area contributed by atoms with Gasteiger partial charge in [0, 0.05) is 6.54 Å². The third kappa shape index (κ3) is 3.31. The van der Waals surface area contributed by atoms with E-state index in [2.05, 4.69) is 10.4 Å². The first-order valence-corrected chi connectivity index (χ1v) is 11.0. The van der Waals surface area contributed by atoms with Crippen molar-refractivity contribution < 1.29 is 9.90 Å². The molecule has 0 unspecified atom stereocenters. The summed E-state index contributed by atoms with van der Waals surface area (Å²) in [5, 5.41) is 17.4. The van der Waals surface area contributed by atoms with Crippen LogP contribution < -0.4 is 10.9 Å². The Kier molecular flexibility index (Phi) is 4.65. The molecule has 2 N–H and O–H groups in total. The van der Waals surface area contributed by atoms with Crippen molar-refractivity contribution in [2.24, 2.45) is 17.3 Å². The van der Waals surface area contributed by atoms with E-state index < -0.39 is 11.5 Å². The van der Waals surface area contributed by atoms with Crippen molar-refractivity contribution in [3.05, 3.63) is 57.5 Å². The van der Waals surface area contributed by atoms with Crippen molar-refractivity contribution >= 4 is 23.3 Å². The fourth-order valence-electron chi connectivity index (χ4n) is 6.86. The van der Waals surface area contributed by atoms with E-state index in [1.54, 1.807) is 10.9 Å². The first-order chi connectivity index (χ1) is 14.4. The van der Waals surface area contributed by atoms with Crippen LogP contribution in [-0.4, -0.2) is 20.9 Å². The second-order valence-electron chi connectivity index (χ2n) is 9.68. The summed E-state index contributed by atoms with van der Waals surface area (Å²) >= 11 is 6.49. The highest BCUT2D eigenvalue weighted by Crippen LogP contribution is 2.65. The van der Waals surface area contributed by atoms with Gasteiger partial charge in [0.2, 0.25) is 0 Å². The molecule has 4 saturated carbocycles. The number of rotatable bonds is 6. The molecule has 7 heteroatoms. The fraction of sp³-hybridized carbons (Fsp3) is 0.522. The lowest BCUT2D eigenvalue weighted by molar-refractivity contribution is -0.151. The number of nitrogens with zero attached hydrogens (tertiary/aromatic N) is 2. The van der Waals surface area contributed by atoms with Gasteiger partial charge in [-0.05, 0) is 61.3 Å². The van der Waals surface area contributed by atoms with Gasteiger partial charge in [0.15, 0.2) is 0 Å². The van der Waals surface area contributed by atoms with Crippen LogP contribution in [0.25, 0.3) is 0 Å². The highest BCUT2D eigenvalue weighted by atomic mass is 35.5. The Hall–Kier alpha value is -2.34. The minimum absolute atomic E-state index is 0.156. The molecular weight excluding hydrogens is 402 g/mol. The highest BCUT2D eigenvalue weighted by Gasteiger charge is 2.59. The number of carboxylic acids is 1. The molecule has 0 spiro atoms. The average molecular weight is 428 g/mol. The summed E-state index contributed by atoms with van der Waals surface area (Å²) in [6, 6.07) is 9.91. The second kappa shape index (κ2) is 7.12. The van der Waals surface area contributed by atoms with Gasteiger partial charge < -0.3 is 10.4 Å². The van der Waals surface area contributed by atoms with E-state index in [9.17, 15) is 14.7 Å². The topological polar surface area (TPSA) is 84.2 Å². The molecule has 0 aliphatic heterocycles. The molecule has 1 aromatic carbocycles. The third-order valence-corrected chi connectivity index (χ3v) is 7.74. The lowest BCUT2D eigenvalue weighted by Gasteiger charge is -2.61. The quantitative estimate of drug-likeness (QED) is 0.718. The number of anilines is 1. The van der Waals surface area contributed by atoms with Gasteiger partial charge in [-0.2, -0.15) is 5.10 Å². The standard InChI is InChI=1S/C23H26ClN3O3/c24-20-18(25-12-15-4-2-1-3-5-15)13-26-27(21(20)30)23-9-16-6-17(10-23)8-22(7-16,14-23)11-19(28)29/h1-5,13,16-17,25H,6-12,14H2,(H,28,29)/t16-,17-,22?,23?/m1/s1. The maximum Gasteiger partial charge on any atom is 0.303 e. The number of halogens is 1. The Balaban J connectivity index is 1.45. The van der Waals surface area contributed by atoms with Gasteiger partial charge in [0.05, 0.1) is 23.8 Å². The van der Waals surface area contributed by atoms with Crippen LogP contribution in [0, 0.1) is 17.3 Å². The van der Waals surface area contributed by atoms with E-state index in [-0.39, 0.29) is 22.4 Å². The number of hydrogen-bond donors (Lipinski definition) is 2. The molecule has 0 radical (unpaired) electrons. The van der Waals surface area contributed by atoms with Crippen LogP contribution in [0.2, 0.25) is 5.02 Å². The maximum atomic E-state index is 13.3. The molecule has 4 fully saturated rings. The molecule has 6 rings (SSSR count). The normalized spacial score (nSPS) is 31.6. The number of benzene rings is 1. The minimum atomic E-state index is -0.745. The van der Waals surface area contributed by atoms with Crippen LogP contribution in [0.4, 0.5) is 5.69 Å². The van der Waals surface area contributed by atoms with E-state index in [4.69, 9.17) is 11.6 Å². The molecule has 158 valence electrons. The first kappa shape index (κ1) is 19.6. The van der Waals surface area contributed by atoms with Crippen LogP contribution in [0.3, 0.4) is 0 Å². The zero-order valence-corrected chi connectivity index (χ0v) is 17.6. The van der Waals surface area contributed by atoms with Crippen molar-refractivity contribution in [3.8, 4) is 0 Å². The van der Waals surface area contributed by atoms with E-state index in [0.29, 0.717) is 30.5 Å². The molecule has 4 bridgehead atoms. The van der Waals surface area contributed by atoms with E-state index >= 15 is 0 Å². The summed E-state index contributed by atoms with van der Waals surface area (Å²) in [6.07, 6.45) is 7.38. The summed E-state index contributed by atoms with van der Waals surface area (Å²) in [5.74, 6) is 0.189. The van der Waals surface area contributed by atoms with E-state index in [0.717, 1.165) is 37.7 Å². The molecule has 2 aromatic rings. The number of carboxylic acid groups (broad SMARTS) is 1. The SMILES string of the molecule is O=C(O)CC12C[C@H]3C[C@H](C1)CC(n1ncc(NCc4ccccc4)c(Cl)c1=O)(C3)C2. The number of nitrogens with one attached hydrogen (secondary N) is 1. The molecule has 6 nitrogen and oxygen atoms in total. The van der Waals surface area contributed by atoms with E-state index in [1.807, 2.05) is 30.3 Å². The summed E-state index contributed by atoms with van der Waals surface area (Å²) < 4.78 is 1.59. The van der Waals surface area contributed by atoms with Crippen LogP contribution >= 0.6 is 11.6 Å². The van der Waals surface area contributed by atoms with Gasteiger partial charge in [-0.15, -0.1) is 0 Å². The summed E-state index contributed by atoms with van der Waals surface area (Å²) in [7, 11) is 0. The number of carbonyl (C=O) groups is 1. The average Bonchev–Trinajstić information content (AvgIpc) is 2.67. The van der Waals surface area contributed by atoms with Crippen molar-refractivity contribution in [2.45, 2.75) is 57.0 Å². The molecule has 1 aromatic heterocycles. The maximum absolute atomic E-state index is 13.3. The Bertz CT molecular complexity index is 1020. The third-order valence-electron chi connectivity index (χ3n) is 7.37. The molecular formula is C23H26ClN3O3. The van der Waals surface area contributed by atoms with Crippen molar-refractivity contribution in [1.29, 1.82) is 0 Å². The fourth-order valence-corrected chi connectivity index (χ4v) is 7.06. The zero-order valence-electron chi connectivity index (χ0n) is 16.8. The lowest BCUT2D eigenvalue weighted by Crippen LogP contribution is -2.59. The number of aromatic nitrogens is 2. The molecule has 0 saturated heterocycles. The van der Waals surface area contributed by atoms with Gasteiger partial charge in [-0.25, -0.2) is 4.68 Å². The van der Waals surface area contributed by atoms with Gasteiger partial charge >= 0.3 is 5.97 Å². The van der Waals surface area contributed by atoms with Gasteiger partial charge in [0.25, 0.3) is 5.56 Å². The summed E-state index contributed by atoms with van der Waals surface area (Å²) in [5.41, 5.74) is 0.731. The Morgan fingerprint density at radius 1 is 1.20 bits per heavy atom. The van der Waals surface area contributed by atoms with Crippen LogP contribution in [0.15, 0.2) is 41.3 Å². The molecule has 30 heavy (non-hydrogen) atoms. The highest BCUT2D eigenvalue weighted by molar-refractivity contribution is 6.32. The molecule has 1 heterocycles. The minimum Gasteiger partial charge on any atom is -0.481 e. The predicted molar refractivity (Wildman–Crippen MR) is 115 cm³/mol. The van der Waals surface area contributed by atoms with E-state index in [1.165, 1.54) is 0 Å². The zero-order chi connectivity index (χ0) is 20.9. The monoisotopic (exact) mass is 427 g/mol. The summed E-state index contributed by atoms with van der Waals surface area (Å²) in [6.45, 7) is 0.558. The Morgan fingerprint density at radius 2 is 1.90 bits per heavy atom. The molecule has 2 atom stereocenters. The van der Waals surface area contributed by atoms with Crippen molar-refractivity contribution in [3.63, 3.8) is 0 Å². The molecule has 4 aliphatic rings. The first-order valence-electron chi connectivity index (χ1n) is 10.7.